The van der Waals surface area contributed by atoms with E-state index in [1.165, 1.54) is 31.5 Å². The number of aromatic amines is 1. The molecule has 0 atom stereocenters. The van der Waals surface area contributed by atoms with Crippen LogP contribution in [-0.4, -0.2) is 28.9 Å². The van der Waals surface area contributed by atoms with Crippen LogP contribution in [0, 0.1) is 0 Å². The molecular weight excluding hydrogens is 310 g/mol. The maximum atomic E-state index is 12.4. The number of aromatic nitrogens is 1. The fourth-order valence-electron chi connectivity index (χ4n) is 3.60. The normalized spacial score (nSPS) is 14.9. The summed E-state index contributed by atoms with van der Waals surface area (Å²) in [6.07, 6.45) is 4.89. The molecule has 1 amide bonds. The fourth-order valence-corrected chi connectivity index (χ4v) is 3.60. The number of H-pyrrole nitrogens is 1. The number of para-hydroxylation sites is 1. The van der Waals surface area contributed by atoms with E-state index in [4.69, 9.17) is 0 Å². The monoisotopic (exact) mass is 333 g/mol. The van der Waals surface area contributed by atoms with E-state index in [1.807, 2.05) is 42.6 Å². The average molecular weight is 333 g/mol. The van der Waals surface area contributed by atoms with Crippen LogP contribution in [-0.2, 0) is 17.8 Å². The number of carbonyl (C=O) groups is 1. The number of amides is 1. The highest BCUT2D eigenvalue weighted by Gasteiger charge is 2.12. The molecule has 25 heavy (non-hydrogen) atoms. The molecule has 4 nitrogen and oxygen atoms in total. The van der Waals surface area contributed by atoms with Crippen molar-refractivity contribution < 1.29 is 4.79 Å². The van der Waals surface area contributed by atoms with E-state index in [2.05, 4.69) is 27.3 Å². The largest absolute Gasteiger partial charge is 0.361 e. The van der Waals surface area contributed by atoms with Crippen LogP contribution in [0.5, 0.6) is 0 Å². The lowest BCUT2D eigenvalue weighted by Gasteiger charge is -2.15. The minimum absolute atomic E-state index is 0.0167. The van der Waals surface area contributed by atoms with Gasteiger partial charge in [-0.05, 0) is 55.3 Å². The number of fused-ring (bicyclic) bond motifs is 1. The smallest absolute Gasteiger partial charge is 0.228 e. The Morgan fingerprint density at radius 1 is 1.08 bits per heavy atom. The minimum atomic E-state index is 0.0167. The van der Waals surface area contributed by atoms with E-state index < -0.39 is 0 Å². The third-order valence-electron chi connectivity index (χ3n) is 4.84. The fraction of sp³-hybridized carbons (Fsp3) is 0.286. The predicted octanol–water partition coefficient (Wildman–Crippen LogP) is 3.94. The summed E-state index contributed by atoms with van der Waals surface area (Å²) >= 11 is 0. The molecule has 3 aromatic rings. The molecule has 0 unspecified atom stereocenters. The molecule has 1 aromatic heterocycles. The van der Waals surface area contributed by atoms with Crippen molar-refractivity contribution in [3.63, 3.8) is 0 Å². The van der Waals surface area contributed by atoms with Gasteiger partial charge in [0.1, 0.15) is 0 Å². The zero-order valence-corrected chi connectivity index (χ0v) is 14.3. The molecule has 1 saturated heterocycles. The van der Waals surface area contributed by atoms with E-state index >= 15 is 0 Å². The van der Waals surface area contributed by atoms with Crippen molar-refractivity contribution in [1.82, 2.24) is 9.88 Å². The molecule has 0 radical (unpaired) electrons. The first-order valence-electron chi connectivity index (χ1n) is 8.94. The van der Waals surface area contributed by atoms with E-state index in [-0.39, 0.29) is 5.91 Å². The quantitative estimate of drug-likeness (QED) is 0.743. The Kier molecular flexibility index (Phi) is 4.53. The van der Waals surface area contributed by atoms with Crippen LogP contribution >= 0.6 is 0 Å². The van der Waals surface area contributed by atoms with Gasteiger partial charge in [-0.1, -0.05) is 30.3 Å². The van der Waals surface area contributed by atoms with Gasteiger partial charge in [-0.3, -0.25) is 9.69 Å². The van der Waals surface area contributed by atoms with Gasteiger partial charge in [0.15, 0.2) is 0 Å². The van der Waals surface area contributed by atoms with Crippen molar-refractivity contribution >= 4 is 22.5 Å². The minimum Gasteiger partial charge on any atom is -0.361 e. The number of rotatable bonds is 5. The van der Waals surface area contributed by atoms with Crippen molar-refractivity contribution in [3.8, 4) is 0 Å². The van der Waals surface area contributed by atoms with Crippen LogP contribution < -0.4 is 5.32 Å². The molecule has 128 valence electrons. The summed E-state index contributed by atoms with van der Waals surface area (Å²) in [7, 11) is 0. The van der Waals surface area contributed by atoms with Crippen LogP contribution in [0.4, 0.5) is 5.69 Å². The summed E-state index contributed by atoms with van der Waals surface area (Å²) < 4.78 is 0. The first-order chi connectivity index (χ1) is 12.3. The van der Waals surface area contributed by atoms with Crippen LogP contribution in [0.3, 0.4) is 0 Å². The molecule has 1 aliphatic heterocycles. The maximum absolute atomic E-state index is 12.4. The van der Waals surface area contributed by atoms with Gasteiger partial charge < -0.3 is 10.3 Å². The van der Waals surface area contributed by atoms with Crippen LogP contribution in [0.25, 0.3) is 10.9 Å². The molecule has 2 N–H and O–H groups in total. The lowest BCUT2D eigenvalue weighted by Crippen LogP contribution is -2.19. The summed E-state index contributed by atoms with van der Waals surface area (Å²) in [5.41, 5.74) is 4.23. The number of likely N-dealkylation sites (tertiary alicyclic amines) is 1. The van der Waals surface area contributed by atoms with Gasteiger partial charge in [0.2, 0.25) is 5.91 Å². The summed E-state index contributed by atoms with van der Waals surface area (Å²) in [6, 6.07) is 16.3. The molecular formula is C21H23N3O. The van der Waals surface area contributed by atoms with E-state index in [1.54, 1.807) is 0 Å². The number of nitrogens with zero attached hydrogens (tertiary/aromatic N) is 1. The molecule has 1 aliphatic rings. The third-order valence-corrected chi connectivity index (χ3v) is 4.84. The molecule has 0 aliphatic carbocycles. The van der Waals surface area contributed by atoms with Crippen LogP contribution in [0.15, 0.2) is 54.7 Å². The van der Waals surface area contributed by atoms with Crippen LogP contribution in [0.1, 0.15) is 24.0 Å². The third kappa shape index (κ3) is 3.74. The Morgan fingerprint density at radius 2 is 1.92 bits per heavy atom. The summed E-state index contributed by atoms with van der Waals surface area (Å²) in [6.45, 7) is 3.32. The Labute approximate surface area is 147 Å². The van der Waals surface area contributed by atoms with Crippen molar-refractivity contribution in [1.29, 1.82) is 0 Å². The number of benzene rings is 2. The van der Waals surface area contributed by atoms with E-state index in [9.17, 15) is 4.79 Å². The number of nitrogens with one attached hydrogen (secondary N) is 2. The molecule has 0 bridgehead atoms. The maximum Gasteiger partial charge on any atom is 0.228 e. The Hall–Kier alpha value is -2.59. The molecule has 2 heterocycles. The molecule has 4 rings (SSSR count). The van der Waals surface area contributed by atoms with Crippen molar-refractivity contribution in [2.45, 2.75) is 25.8 Å². The van der Waals surface area contributed by atoms with E-state index in [0.717, 1.165) is 28.7 Å². The highest BCUT2D eigenvalue weighted by atomic mass is 16.1. The molecule has 1 fully saturated rings. The SMILES string of the molecule is O=C(Cc1c[nH]c2ccccc12)Nc1cccc(CN2CCCC2)c1. The Morgan fingerprint density at radius 3 is 2.80 bits per heavy atom. The lowest BCUT2D eigenvalue weighted by molar-refractivity contribution is -0.115. The summed E-state index contributed by atoms with van der Waals surface area (Å²) in [5.74, 6) is 0.0167. The van der Waals surface area contributed by atoms with Crippen molar-refractivity contribution in [2.24, 2.45) is 0 Å². The average Bonchev–Trinajstić information content (AvgIpc) is 3.26. The molecule has 2 aromatic carbocycles. The first-order valence-corrected chi connectivity index (χ1v) is 8.94. The Bertz CT molecular complexity index is 877. The summed E-state index contributed by atoms with van der Waals surface area (Å²) in [5, 5.41) is 4.15. The van der Waals surface area contributed by atoms with Gasteiger partial charge >= 0.3 is 0 Å². The molecule has 0 saturated carbocycles. The second kappa shape index (κ2) is 7.11. The van der Waals surface area contributed by atoms with Crippen molar-refractivity contribution in [3.05, 3.63) is 65.9 Å². The topological polar surface area (TPSA) is 48.1 Å². The van der Waals surface area contributed by atoms with Gasteiger partial charge in [0.05, 0.1) is 6.42 Å². The van der Waals surface area contributed by atoms with Crippen molar-refractivity contribution in [2.75, 3.05) is 18.4 Å². The predicted molar refractivity (Wildman–Crippen MR) is 102 cm³/mol. The van der Waals surface area contributed by atoms with Gasteiger partial charge in [0, 0.05) is 29.3 Å². The Balaban J connectivity index is 1.42. The number of hydrogen-bond donors (Lipinski definition) is 2. The van der Waals surface area contributed by atoms with Gasteiger partial charge in [0.25, 0.3) is 0 Å². The number of carbonyl (C=O) groups excluding carboxylic acids is 1. The second-order valence-electron chi connectivity index (χ2n) is 6.77. The zero-order chi connectivity index (χ0) is 17.1. The van der Waals surface area contributed by atoms with Gasteiger partial charge in [-0.2, -0.15) is 0 Å². The number of hydrogen-bond acceptors (Lipinski definition) is 2. The van der Waals surface area contributed by atoms with Gasteiger partial charge in [-0.15, -0.1) is 0 Å². The standard InChI is InChI=1S/C21H23N3O/c25-21(13-17-14-22-20-9-2-1-8-19(17)20)23-18-7-5-6-16(12-18)15-24-10-3-4-11-24/h1-2,5-9,12,14,22H,3-4,10-11,13,15H2,(H,23,25). The van der Waals surface area contributed by atoms with Crippen LogP contribution in [0.2, 0.25) is 0 Å². The second-order valence-corrected chi connectivity index (χ2v) is 6.77. The molecule has 0 spiro atoms. The summed E-state index contributed by atoms with van der Waals surface area (Å²) in [4.78, 5) is 18.1. The lowest BCUT2D eigenvalue weighted by atomic mass is 10.1. The highest BCUT2D eigenvalue weighted by molar-refractivity contribution is 5.95. The highest BCUT2D eigenvalue weighted by Crippen LogP contribution is 2.20. The zero-order valence-electron chi connectivity index (χ0n) is 14.3. The first kappa shape index (κ1) is 15.9. The van der Waals surface area contributed by atoms with Gasteiger partial charge in [-0.25, -0.2) is 0 Å². The van der Waals surface area contributed by atoms with E-state index in [0.29, 0.717) is 6.42 Å². The molecule has 4 heteroatoms. The number of anilines is 1.